The van der Waals surface area contributed by atoms with Gasteiger partial charge in [0.2, 0.25) is 11.8 Å². The molecule has 2 amide bonds. The number of amides is 2. The maximum atomic E-state index is 12.3. The largest absolute Gasteiger partial charge is 0.497 e. The average Bonchev–Trinajstić information content (AvgIpc) is 3.06. The third kappa shape index (κ3) is 6.15. The SMILES string of the molecule is CNC(C(=O)NCC(=O)Nc1cc(OC)cc(OC)c1)c1cnn(C)c1.Cl. The van der Waals surface area contributed by atoms with Crippen molar-refractivity contribution >= 4 is 29.9 Å². The lowest BCUT2D eigenvalue weighted by atomic mass is 10.1. The van der Waals surface area contributed by atoms with Gasteiger partial charge in [-0.2, -0.15) is 5.10 Å². The van der Waals surface area contributed by atoms with E-state index in [1.807, 2.05) is 0 Å². The van der Waals surface area contributed by atoms with Gasteiger partial charge in [0.15, 0.2) is 0 Å². The molecule has 3 N–H and O–H groups in total. The Labute approximate surface area is 163 Å². The first-order valence-electron chi connectivity index (χ1n) is 7.93. The lowest BCUT2D eigenvalue weighted by molar-refractivity contribution is -0.125. The minimum Gasteiger partial charge on any atom is -0.497 e. The van der Waals surface area contributed by atoms with Crippen LogP contribution in [0.5, 0.6) is 11.5 Å². The van der Waals surface area contributed by atoms with E-state index >= 15 is 0 Å². The van der Waals surface area contributed by atoms with Gasteiger partial charge in [0.05, 0.1) is 27.0 Å². The summed E-state index contributed by atoms with van der Waals surface area (Å²) in [5.74, 6) is 0.416. The molecular formula is C17H24ClN5O4. The lowest BCUT2D eigenvalue weighted by Crippen LogP contribution is -2.39. The number of benzene rings is 1. The van der Waals surface area contributed by atoms with Crippen LogP contribution in [-0.4, -0.2) is 49.4 Å². The maximum absolute atomic E-state index is 12.3. The van der Waals surface area contributed by atoms with Crippen molar-refractivity contribution in [3.63, 3.8) is 0 Å². The third-order valence-corrected chi connectivity index (χ3v) is 3.67. The number of carbonyl (C=O) groups excluding carboxylic acids is 2. The van der Waals surface area contributed by atoms with Crippen molar-refractivity contribution in [3.8, 4) is 11.5 Å². The van der Waals surface area contributed by atoms with E-state index in [1.54, 1.807) is 49.4 Å². The maximum Gasteiger partial charge on any atom is 0.243 e. The molecule has 0 aliphatic rings. The number of hydrogen-bond donors (Lipinski definition) is 3. The van der Waals surface area contributed by atoms with Crippen LogP contribution >= 0.6 is 12.4 Å². The zero-order chi connectivity index (χ0) is 19.1. The van der Waals surface area contributed by atoms with Crippen molar-refractivity contribution in [1.29, 1.82) is 0 Å². The zero-order valence-electron chi connectivity index (χ0n) is 15.6. The first-order chi connectivity index (χ1) is 12.5. The van der Waals surface area contributed by atoms with E-state index < -0.39 is 6.04 Å². The molecule has 0 saturated heterocycles. The van der Waals surface area contributed by atoms with Crippen molar-refractivity contribution in [2.75, 3.05) is 33.1 Å². The summed E-state index contributed by atoms with van der Waals surface area (Å²) >= 11 is 0. The third-order valence-electron chi connectivity index (χ3n) is 3.67. The summed E-state index contributed by atoms with van der Waals surface area (Å²) in [6.45, 7) is -0.170. The highest BCUT2D eigenvalue weighted by molar-refractivity contribution is 5.95. The van der Waals surface area contributed by atoms with Crippen LogP contribution in [0, 0.1) is 0 Å². The highest BCUT2D eigenvalue weighted by Crippen LogP contribution is 2.25. The second-order valence-corrected chi connectivity index (χ2v) is 5.54. The van der Waals surface area contributed by atoms with E-state index in [0.717, 1.165) is 0 Å². The molecule has 0 radical (unpaired) electrons. The molecule has 1 aromatic heterocycles. The monoisotopic (exact) mass is 397 g/mol. The minimum atomic E-state index is -0.589. The number of methoxy groups -OCH3 is 2. The summed E-state index contributed by atoms with van der Waals surface area (Å²) in [5, 5.41) is 12.3. The fourth-order valence-corrected chi connectivity index (χ4v) is 2.39. The van der Waals surface area contributed by atoms with E-state index in [0.29, 0.717) is 22.7 Å². The van der Waals surface area contributed by atoms with Gasteiger partial charge < -0.3 is 25.4 Å². The molecule has 2 aromatic rings. The van der Waals surface area contributed by atoms with Crippen molar-refractivity contribution in [2.24, 2.45) is 7.05 Å². The zero-order valence-corrected chi connectivity index (χ0v) is 16.4. The Morgan fingerprint density at radius 3 is 2.30 bits per heavy atom. The predicted molar refractivity (Wildman–Crippen MR) is 103 cm³/mol. The Morgan fingerprint density at radius 2 is 1.81 bits per heavy atom. The highest BCUT2D eigenvalue weighted by atomic mass is 35.5. The van der Waals surface area contributed by atoms with Crippen LogP contribution in [-0.2, 0) is 16.6 Å². The van der Waals surface area contributed by atoms with E-state index in [1.165, 1.54) is 14.2 Å². The smallest absolute Gasteiger partial charge is 0.243 e. The van der Waals surface area contributed by atoms with Gasteiger partial charge in [-0.25, -0.2) is 0 Å². The number of nitrogens with one attached hydrogen (secondary N) is 3. The number of aromatic nitrogens is 2. The number of halogens is 1. The van der Waals surface area contributed by atoms with Gasteiger partial charge >= 0.3 is 0 Å². The molecule has 9 nitrogen and oxygen atoms in total. The number of ether oxygens (including phenoxy) is 2. The Hall–Kier alpha value is -2.78. The molecular weight excluding hydrogens is 374 g/mol. The fourth-order valence-electron chi connectivity index (χ4n) is 2.39. The second kappa shape index (κ2) is 10.4. The molecule has 10 heteroatoms. The molecule has 2 rings (SSSR count). The number of nitrogens with zero attached hydrogens (tertiary/aromatic N) is 2. The van der Waals surface area contributed by atoms with Crippen LogP contribution in [0.4, 0.5) is 5.69 Å². The molecule has 0 aliphatic heterocycles. The normalized spacial score (nSPS) is 11.1. The van der Waals surface area contributed by atoms with Crippen molar-refractivity contribution in [2.45, 2.75) is 6.04 Å². The van der Waals surface area contributed by atoms with Crippen molar-refractivity contribution in [3.05, 3.63) is 36.2 Å². The summed E-state index contributed by atoms with van der Waals surface area (Å²) in [4.78, 5) is 24.4. The topological polar surface area (TPSA) is 107 Å². The molecule has 1 heterocycles. The average molecular weight is 398 g/mol. The summed E-state index contributed by atoms with van der Waals surface area (Å²) in [6.07, 6.45) is 3.34. The highest BCUT2D eigenvalue weighted by Gasteiger charge is 2.20. The molecule has 1 unspecified atom stereocenters. The lowest BCUT2D eigenvalue weighted by Gasteiger charge is -2.15. The van der Waals surface area contributed by atoms with Crippen LogP contribution in [0.25, 0.3) is 0 Å². The fraction of sp³-hybridized carbons (Fsp3) is 0.353. The van der Waals surface area contributed by atoms with Gasteiger partial charge in [-0.1, -0.05) is 0 Å². The number of hydrogen-bond acceptors (Lipinski definition) is 6. The Kier molecular flexibility index (Phi) is 8.57. The summed E-state index contributed by atoms with van der Waals surface area (Å²) < 4.78 is 11.9. The van der Waals surface area contributed by atoms with Gasteiger partial charge in [-0.15, -0.1) is 12.4 Å². The molecule has 0 bridgehead atoms. The van der Waals surface area contributed by atoms with Gasteiger partial charge in [0.1, 0.15) is 17.5 Å². The minimum absolute atomic E-state index is 0. The Morgan fingerprint density at radius 1 is 1.19 bits per heavy atom. The van der Waals surface area contributed by atoms with Gasteiger partial charge in [0.25, 0.3) is 0 Å². The van der Waals surface area contributed by atoms with Gasteiger partial charge in [0, 0.05) is 42.7 Å². The quantitative estimate of drug-likeness (QED) is 0.610. The summed E-state index contributed by atoms with van der Waals surface area (Å²) in [7, 11) is 6.48. The molecule has 0 spiro atoms. The van der Waals surface area contributed by atoms with Crippen LogP contribution in [0.1, 0.15) is 11.6 Å². The molecule has 0 saturated carbocycles. The van der Waals surface area contributed by atoms with E-state index in [4.69, 9.17) is 9.47 Å². The number of anilines is 1. The first-order valence-corrected chi connectivity index (χ1v) is 7.93. The number of aryl methyl sites for hydroxylation is 1. The molecule has 27 heavy (non-hydrogen) atoms. The van der Waals surface area contributed by atoms with E-state index in [9.17, 15) is 9.59 Å². The van der Waals surface area contributed by atoms with Crippen LogP contribution in [0.3, 0.4) is 0 Å². The predicted octanol–water partition coefficient (Wildman–Crippen LogP) is 0.875. The Balaban J connectivity index is 0.00000364. The standard InChI is InChI=1S/C17H23N5O4.ClH/c1-18-16(11-8-20-22(2)10-11)17(24)19-9-15(23)21-12-5-13(25-3)7-14(6-12)26-4;/h5-8,10,16,18H,9H2,1-4H3,(H,19,24)(H,21,23);1H. The molecule has 1 aromatic carbocycles. The van der Waals surface area contributed by atoms with Gasteiger partial charge in [-0.05, 0) is 7.05 Å². The number of likely N-dealkylation sites (N-methyl/N-ethyl adjacent to an activating group) is 1. The van der Waals surface area contributed by atoms with Crippen molar-refractivity contribution < 1.29 is 19.1 Å². The van der Waals surface area contributed by atoms with Crippen LogP contribution < -0.4 is 25.4 Å². The van der Waals surface area contributed by atoms with E-state index in [-0.39, 0.29) is 30.8 Å². The first kappa shape index (κ1) is 22.3. The van der Waals surface area contributed by atoms with Crippen molar-refractivity contribution in [1.82, 2.24) is 20.4 Å². The molecule has 0 fully saturated rings. The van der Waals surface area contributed by atoms with E-state index in [2.05, 4.69) is 21.0 Å². The van der Waals surface area contributed by atoms with Crippen LogP contribution in [0.15, 0.2) is 30.6 Å². The summed E-state index contributed by atoms with van der Waals surface area (Å²) in [6, 6.07) is 4.43. The number of rotatable bonds is 8. The molecule has 148 valence electrons. The number of carbonyl (C=O) groups is 2. The van der Waals surface area contributed by atoms with Gasteiger partial charge in [-0.3, -0.25) is 14.3 Å². The second-order valence-electron chi connectivity index (χ2n) is 5.54. The molecule has 0 aliphatic carbocycles. The molecule has 1 atom stereocenters. The Bertz CT molecular complexity index is 758. The summed E-state index contributed by atoms with van der Waals surface area (Å²) in [5.41, 5.74) is 1.23. The van der Waals surface area contributed by atoms with Crippen LogP contribution in [0.2, 0.25) is 0 Å².